The number of halogens is 2. The Bertz CT molecular complexity index is 888. The van der Waals surface area contributed by atoms with Crippen molar-refractivity contribution in [3.63, 3.8) is 0 Å². The van der Waals surface area contributed by atoms with Crippen LogP contribution in [-0.4, -0.2) is 21.9 Å². The molecule has 25 heavy (non-hydrogen) atoms. The minimum absolute atomic E-state index is 0.0889. The third-order valence-corrected chi connectivity index (χ3v) is 4.29. The van der Waals surface area contributed by atoms with Crippen LogP contribution in [0.3, 0.4) is 0 Å². The van der Waals surface area contributed by atoms with Gasteiger partial charge < -0.3 is 9.73 Å². The number of rotatable bonds is 6. The number of hydrogen-bond donors (Lipinski definition) is 1. The van der Waals surface area contributed by atoms with E-state index >= 15 is 0 Å². The molecule has 8 heteroatoms. The predicted molar refractivity (Wildman–Crippen MR) is 93.7 cm³/mol. The number of amides is 1. The molecule has 0 unspecified atom stereocenters. The van der Waals surface area contributed by atoms with Gasteiger partial charge in [0.2, 0.25) is 11.8 Å². The second-order valence-electron chi connectivity index (χ2n) is 5.04. The molecule has 0 saturated carbocycles. The van der Waals surface area contributed by atoms with Gasteiger partial charge in [-0.1, -0.05) is 47.6 Å². The summed E-state index contributed by atoms with van der Waals surface area (Å²) in [6.07, 6.45) is 0. The number of benzene rings is 2. The lowest BCUT2D eigenvalue weighted by molar-refractivity contribution is -0.118. The molecule has 0 aliphatic heterocycles. The van der Waals surface area contributed by atoms with Crippen molar-refractivity contribution in [2.75, 3.05) is 5.75 Å². The largest absolute Gasteiger partial charge is 0.411 e. The molecule has 0 atom stereocenters. The first-order valence-electron chi connectivity index (χ1n) is 7.34. The minimum atomic E-state index is -0.349. The SMILES string of the molecule is O=C(CSc1nnc(-c2cccc(Cl)c2)o1)NCc1ccccc1F. The highest BCUT2D eigenvalue weighted by atomic mass is 35.5. The van der Waals surface area contributed by atoms with E-state index in [2.05, 4.69) is 15.5 Å². The highest BCUT2D eigenvalue weighted by molar-refractivity contribution is 7.99. The molecule has 128 valence electrons. The van der Waals surface area contributed by atoms with E-state index < -0.39 is 0 Å². The Kier molecular flexibility index (Phi) is 5.67. The number of aromatic nitrogens is 2. The average Bonchev–Trinajstić information content (AvgIpc) is 3.08. The van der Waals surface area contributed by atoms with E-state index in [0.29, 0.717) is 22.0 Å². The predicted octanol–water partition coefficient (Wildman–Crippen LogP) is 3.94. The maximum Gasteiger partial charge on any atom is 0.277 e. The van der Waals surface area contributed by atoms with Crippen LogP contribution in [0.15, 0.2) is 58.2 Å². The lowest BCUT2D eigenvalue weighted by Gasteiger charge is -2.05. The van der Waals surface area contributed by atoms with Crippen molar-refractivity contribution in [3.05, 3.63) is 64.9 Å². The number of thioether (sulfide) groups is 1. The van der Waals surface area contributed by atoms with Crippen LogP contribution in [0.2, 0.25) is 5.02 Å². The normalized spacial score (nSPS) is 10.6. The summed E-state index contributed by atoms with van der Waals surface area (Å²) in [4.78, 5) is 11.9. The average molecular weight is 378 g/mol. The highest BCUT2D eigenvalue weighted by Gasteiger charge is 2.12. The highest BCUT2D eigenvalue weighted by Crippen LogP contribution is 2.24. The van der Waals surface area contributed by atoms with E-state index in [1.54, 1.807) is 42.5 Å². The van der Waals surface area contributed by atoms with Crippen LogP contribution in [0.4, 0.5) is 4.39 Å². The molecule has 1 amide bonds. The summed E-state index contributed by atoms with van der Waals surface area (Å²) in [5, 5.41) is 11.3. The molecule has 1 aromatic heterocycles. The Labute approximate surface area is 152 Å². The molecule has 5 nitrogen and oxygen atoms in total. The van der Waals surface area contributed by atoms with Crippen molar-refractivity contribution < 1.29 is 13.6 Å². The Hall–Kier alpha value is -2.38. The molecular formula is C17H13ClFN3O2S. The van der Waals surface area contributed by atoms with E-state index in [9.17, 15) is 9.18 Å². The first-order chi connectivity index (χ1) is 12.1. The Morgan fingerprint density at radius 1 is 1.20 bits per heavy atom. The van der Waals surface area contributed by atoms with Crippen LogP contribution in [-0.2, 0) is 11.3 Å². The van der Waals surface area contributed by atoms with Crippen molar-refractivity contribution >= 4 is 29.3 Å². The summed E-state index contributed by atoms with van der Waals surface area (Å²) in [6, 6.07) is 13.3. The maximum atomic E-state index is 13.5. The second-order valence-corrected chi connectivity index (χ2v) is 6.40. The first-order valence-corrected chi connectivity index (χ1v) is 8.70. The van der Waals surface area contributed by atoms with Gasteiger partial charge in [-0.3, -0.25) is 4.79 Å². The monoisotopic (exact) mass is 377 g/mol. The molecule has 1 N–H and O–H groups in total. The topological polar surface area (TPSA) is 68.0 Å². The molecule has 0 fully saturated rings. The quantitative estimate of drug-likeness (QED) is 0.659. The van der Waals surface area contributed by atoms with Gasteiger partial charge in [-0.25, -0.2) is 4.39 Å². The summed E-state index contributed by atoms with van der Waals surface area (Å²) in [5.41, 5.74) is 1.14. The summed E-state index contributed by atoms with van der Waals surface area (Å²) in [7, 11) is 0. The molecule has 0 bridgehead atoms. The van der Waals surface area contributed by atoms with Crippen LogP contribution in [0.1, 0.15) is 5.56 Å². The van der Waals surface area contributed by atoms with Gasteiger partial charge in [0.1, 0.15) is 5.82 Å². The molecule has 0 aliphatic rings. The van der Waals surface area contributed by atoms with Crippen molar-refractivity contribution in [3.8, 4) is 11.5 Å². The van der Waals surface area contributed by atoms with Gasteiger partial charge in [0.05, 0.1) is 5.75 Å². The lowest BCUT2D eigenvalue weighted by atomic mass is 10.2. The van der Waals surface area contributed by atoms with Crippen molar-refractivity contribution in [2.45, 2.75) is 11.8 Å². The second kappa shape index (κ2) is 8.13. The number of nitrogens with one attached hydrogen (secondary N) is 1. The number of carbonyl (C=O) groups is 1. The van der Waals surface area contributed by atoms with Crippen LogP contribution in [0.25, 0.3) is 11.5 Å². The summed E-state index contributed by atoms with van der Waals surface area (Å²) in [6.45, 7) is 0.129. The number of carbonyl (C=O) groups excluding carboxylic acids is 1. The van der Waals surface area contributed by atoms with Gasteiger partial charge in [0.15, 0.2) is 0 Å². The van der Waals surface area contributed by atoms with E-state index in [4.69, 9.17) is 16.0 Å². The van der Waals surface area contributed by atoms with Crippen LogP contribution < -0.4 is 5.32 Å². The fourth-order valence-electron chi connectivity index (χ4n) is 2.02. The van der Waals surface area contributed by atoms with Crippen molar-refractivity contribution in [2.24, 2.45) is 0 Å². The van der Waals surface area contributed by atoms with Crippen LogP contribution in [0, 0.1) is 5.82 Å². The van der Waals surface area contributed by atoms with Gasteiger partial charge >= 0.3 is 0 Å². The fraction of sp³-hybridized carbons (Fsp3) is 0.118. The molecule has 2 aromatic carbocycles. The Morgan fingerprint density at radius 3 is 2.84 bits per heavy atom. The van der Waals surface area contributed by atoms with Crippen molar-refractivity contribution in [1.82, 2.24) is 15.5 Å². The zero-order chi connectivity index (χ0) is 17.6. The molecular weight excluding hydrogens is 365 g/mol. The lowest BCUT2D eigenvalue weighted by Crippen LogP contribution is -2.25. The number of hydrogen-bond acceptors (Lipinski definition) is 5. The molecule has 3 aromatic rings. The van der Waals surface area contributed by atoms with E-state index in [1.165, 1.54) is 6.07 Å². The number of nitrogens with zero attached hydrogens (tertiary/aromatic N) is 2. The van der Waals surface area contributed by atoms with E-state index in [-0.39, 0.29) is 29.2 Å². The van der Waals surface area contributed by atoms with Crippen LogP contribution in [0.5, 0.6) is 0 Å². The summed E-state index contributed by atoms with van der Waals surface area (Å²) in [5.74, 6) is -0.183. The molecule has 0 aliphatic carbocycles. The third kappa shape index (κ3) is 4.80. The van der Waals surface area contributed by atoms with Crippen molar-refractivity contribution in [1.29, 1.82) is 0 Å². The molecule has 0 spiro atoms. The minimum Gasteiger partial charge on any atom is -0.411 e. The van der Waals surface area contributed by atoms with Gasteiger partial charge in [0.25, 0.3) is 5.22 Å². The van der Waals surface area contributed by atoms with Gasteiger partial charge in [0, 0.05) is 22.7 Å². The van der Waals surface area contributed by atoms with Gasteiger partial charge in [-0.15, -0.1) is 10.2 Å². The standard InChI is InChI=1S/C17H13ClFN3O2S/c18-13-6-3-5-11(8-13)16-21-22-17(24-16)25-10-15(23)20-9-12-4-1-2-7-14(12)19/h1-8H,9-10H2,(H,20,23). The molecule has 3 rings (SSSR count). The van der Waals surface area contributed by atoms with Gasteiger partial charge in [-0.2, -0.15) is 0 Å². The molecule has 1 heterocycles. The molecule has 0 radical (unpaired) electrons. The first kappa shape index (κ1) is 17.4. The summed E-state index contributed by atoms with van der Waals surface area (Å²) < 4.78 is 19.0. The summed E-state index contributed by atoms with van der Waals surface area (Å²) >= 11 is 7.03. The third-order valence-electron chi connectivity index (χ3n) is 3.24. The Morgan fingerprint density at radius 2 is 2.04 bits per heavy atom. The fourth-order valence-corrected chi connectivity index (χ4v) is 2.80. The van der Waals surface area contributed by atoms with Crippen LogP contribution >= 0.6 is 23.4 Å². The van der Waals surface area contributed by atoms with Gasteiger partial charge in [-0.05, 0) is 24.3 Å². The zero-order valence-electron chi connectivity index (χ0n) is 12.9. The van der Waals surface area contributed by atoms with E-state index in [0.717, 1.165) is 11.8 Å². The zero-order valence-corrected chi connectivity index (χ0v) is 14.5. The Balaban J connectivity index is 1.52. The van der Waals surface area contributed by atoms with E-state index in [1.807, 2.05) is 0 Å². The molecule has 0 saturated heterocycles. The maximum absolute atomic E-state index is 13.5. The smallest absolute Gasteiger partial charge is 0.277 e.